The molecule has 2 aromatic rings. The summed E-state index contributed by atoms with van der Waals surface area (Å²) < 4.78 is 10.7. The monoisotopic (exact) mass is 263 g/mol. The quantitative estimate of drug-likeness (QED) is 0.917. The lowest BCUT2D eigenvalue weighted by atomic mass is 9.91. The van der Waals surface area contributed by atoms with Crippen LogP contribution in [0.2, 0.25) is 0 Å². The van der Waals surface area contributed by atoms with E-state index in [2.05, 4.69) is 4.98 Å². The number of carboxylic acid groups (broad SMARTS) is 1. The molecule has 19 heavy (non-hydrogen) atoms. The van der Waals surface area contributed by atoms with Crippen molar-refractivity contribution >= 4 is 5.97 Å². The van der Waals surface area contributed by atoms with E-state index in [0.29, 0.717) is 23.6 Å². The van der Waals surface area contributed by atoms with Crippen LogP contribution in [0.5, 0.6) is 0 Å². The molecule has 5 nitrogen and oxygen atoms in total. The van der Waals surface area contributed by atoms with Crippen LogP contribution in [-0.2, 0) is 11.8 Å². The summed E-state index contributed by atoms with van der Waals surface area (Å²) in [7, 11) is 0. The highest BCUT2D eigenvalue weighted by molar-refractivity contribution is 5.86. The minimum atomic E-state index is -1.11. The third kappa shape index (κ3) is 2.41. The molecule has 0 radical (unpaired) electrons. The number of furan rings is 1. The molecule has 2 rings (SSSR count). The maximum atomic E-state index is 11.2. The Labute approximate surface area is 111 Å². The average Bonchev–Trinajstić information content (AvgIpc) is 2.93. The summed E-state index contributed by atoms with van der Waals surface area (Å²) in [4.78, 5) is 15.6. The lowest BCUT2D eigenvalue weighted by Crippen LogP contribution is -2.16. The predicted molar refractivity (Wildman–Crippen MR) is 69.2 cm³/mol. The topological polar surface area (TPSA) is 76.5 Å². The van der Waals surface area contributed by atoms with Crippen LogP contribution in [0.3, 0.4) is 0 Å². The second kappa shape index (κ2) is 4.57. The molecule has 0 spiro atoms. The molecule has 0 aromatic carbocycles. The van der Waals surface area contributed by atoms with Gasteiger partial charge in [-0.25, -0.2) is 9.78 Å². The zero-order valence-electron chi connectivity index (χ0n) is 11.5. The van der Waals surface area contributed by atoms with E-state index < -0.39 is 11.4 Å². The number of rotatable bonds is 3. The van der Waals surface area contributed by atoms with E-state index in [9.17, 15) is 9.90 Å². The number of carboxylic acids is 1. The summed E-state index contributed by atoms with van der Waals surface area (Å²) in [5.41, 5.74) is 0.754. The molecule has 0 aliphatic rings. The molecule has 0 atom stereocenters. The van der Waals surface area contributed by atoms with Crippen LogP contribution < -0.4 is 0 Å². The van der Waals surface area contributed by atoms with E-state index in [-0.39, 0.29) is 5.76 Å². The Bertz CT molecular complexity index is 601. The van der Waals surface area contributed by atoms with Crippen molar-refractivity contribution in [2.45, 2.75) is 39.5 Å². The fraction of sp³-hybridized carbons (Fsp3) is 0.429. The van der Waals surface area contributed by atoms with Crippen molar-refractivity contribution < 1.29 is 18.7 Å². The van der Waals surface area contributed by atoms with Gasteiger partial charge in [0.1, 0.15) is 11.5 Å². The molecule has 0 aliphatic carbocycles. The number of oxazole rings is 1. The van der Waals surface area contributed by atoms with E-state index >= 15 is 0 Å². The minimum absolute atomic E-state index is 0.106. The Hall–Kier alpha value is -2.04. The van der Waals surface area contributed by atoms with Crippen LogP contribution in [0.25, 0.3) is 11.5 Å². The van der Waals surface area contributed by atoms with E-state index in [1.807, 2.05) is 27.7 Å². The Morgan fingerprint density at radius 1 is 1.42 bits per heavy atom. The molecular formula is C14H17NO4. The first kappa shape index (κ1) is 13.4. The van der Waals surface area contributed by atoms with Gasteiger partial charge >= 0.3 is 5.97 Å². The van der Waals surface area contributed by atoms with Crippen molar-refractivity contribution in [2.75, 3.05) is 0 Å². The molecule has 2 heterocycles. The van der Waals surface area contributed by atoms with Gasteiger partial charge in [-0.05, 0) is 6.07 Å². The third-order valence-corrected chi connectivity index (χ3v) is 2.83. The first-order chi connectivity index (χ1) is 8.84. The molecule has 102 valence electrons. The largest absolute Gasteiger partial charge is 0.475 e. The third-order valence-electron chi connectivity index (χ3n) is 2.83. The van der Waals surface area contributed by atoms with Crippen LogP contribution in [-0.4, -0.2) is 16.1 Å². The lowest BCUT2D eigenvalue weighted by molar-refractivity contribution is 0.0659. The summed E-state index contributed by atoms with van der Waals surface area (Å²) in [5.74, 6) is -0.178. The molecule has 0 saturated carbocycles. The average molecular weight is 263 g/mol. The summed E-state index contributed by atoms with van der Waals surface area (Å²) in [6, 6.07) is 1.74. The van der Waals surface area contributed by atoms with Gasteiger partial charge in [0, 0.05) is 11.8 Å². The highest BCUT2D eigenvalue weighted by Gasteiger charge is 2.30. The van der Waals surface area contributed by atoms with Gasteiger partial charge in [0.15, 0.2) is 0 Å². The molecule has 0 saturated heterocycles. The first-order valence-corrected chi connectivity index (χ1v) is 6.16. The molecule has 0 fully saturated rings. The van der Waals surface area contributed by atoms with Crippen molar-refractivity contribution in [1.29, 1.82) is 0 Å². The van der Waals surface area contributed by atoms with Gasteiger partial charge in [0.25, 0.3) is 0 Å². The molecule has 0 aliphatic heterocycles. The van der Waals surface area contributed by atoms with Crippen LogP contribution in [0, 0.1) is 0 Å². The van der Waals surface area contributed by atoms with Crippen LogP contribution >= 0.6 is 0 Å². The van der Waals surface area contributed by atoms with Gasteiger partial charge in [0.05, 0.1) is 11.8 Å². The second-order valence-electron chi connectivity index (χ2n) is 5.36. The number of carbonyl (C=O) groups is 1. The predicted octanol–water partition coefficient (Wildman–Crippen LogP) is 3.49. The molecule has 5 heteroatoms. The number of hydrogen-bond donors (Lipinski definition) is 1. The molecular weight excluding hydrogens is 246 g/mol. The summed E-state index contributed by atoms with van der Waals surface area (Å²) in [6.07, 6.45) is 2.24. The van der Waals surface area contributed by atoms with Gasteiger partial charge < -0.3 is 13.9 Å². The van der Waals surface area contributed by atoms with Gasteiger partial charge in [-0.15, -0.1) is 0 Å². The summed E-state index contributed by atoms with van der Waals surface area (Å²) >= 11 is 0. The number of hydrogen-bond acceptors (Lipinski definition) is 4. The van der Waals surface area contributed by atoms with Crippen molar-refractivity contribution in [3.63, 3.8) is 0 Å². The van der Waals surface area contributed by atoms with Crippen LogP contribution in [0.4, 0.5) is 0 Å². The Morgan fingerprint density at radius 3 is 2.58 bits per heavy atom. The Kier molecular flexibility index (Phi) is 3.22. The smallest absolute Gasteiger partial charge is 0.373 e. The maximum absolute atomic E-state index is 11.2. The minimum Gasteiger partial charge on any atom is -0.475 e. The van der Waals surface area contributed by atoms with E-state index in [1.165, 1.54) is 0 Å². The Morgan fingerprint density at radius 2 is 2.11 bits per heavy atom. The fourth-order valence-corrected chi connectivity index (χ4v) is 1.89. The second-order valence-corrected chi connectivity index (χ2v) is 5.36. The van der Waals surface area contributed by atoms with Gasteiger partial charge in [0.2, 0.25) is 11.7 Å². The van der Waals surface area contributed by atoms with E-state index in [0.717, 1.165) is 5.76 Å². The summed E-state index contributed by atoms with van der Waals surface area (Å²) in [5, 5.41) is 9.21. The molecule has 0 amide bonds. The normalized spacial score (nSPS) is 11.8. The zero-order chi connectivity index (χ0) is 14.2. The van der Waals surface area contributed by atoms with Crippen LogP contribution in [0.1, 0.15) is 49.7 Å². The zero-order valence-corrected chi connectivity index (χ0v) is 11.5. The molecule has 0 unspecified atom stereocenters. The van der Waals surface area contributed by atoms with E-state index in [1.54, 1.807) is 12.3 Å². The highest BCUT2D eigenvalue weighted by Crippen LogP contribution is 2.32. The van der Waals surface area contributed by atoms with E-state index in [4.69, 9.17) is 8.83 Å². The molecule has 0 bridgehead atoms. The van der Waals surface area contributed by atoms with Crippen molar-refractivity contribution in [2.24, 2.45) is 0 Å². The fourth-order valence-electron chi connectivity index (χ4n) is 1.89. The number of aromatic carboxylic acids is 1. The number of nitrogens with zero attached hydrogens (tertiary/aromatic N) is 1. The first-order valence-electron chi connectivity index (χ1n) is 6.16. The maximum Gasteiger partial charge on any atom is 0.373 e. The molecule has 2 aromatic heterocycles. The van der Waals surface area contributed by atoms with Gasteiger partial charge in [-0.1, -0.05) is 27.7 Å². The number of aromatic nitrogens is 1. The van der Waals surface area contributed by atoms with Crippen LogP contribution in [0.15, 0.2) is 21.2 Å². The number of aryl methyl sites for hydroxylation is 1. The lowest BCUT2D eigenvalue weighted by Gasteiger charge is -2.14. The standard InChI is InChI=1S/C14H17NO4/c1-5-9-8(6-7-18-9)12-15-11(14(2,3)4)10(19-12)13(16)17/h6-7H,5H2,1-4H3,(H,16,17). The molecule has 1 N–H and O–H groups in total. The highest BCUT2D eigenvalue weighted by atomic mass is 16.4. The van der Waals surface area contributed by atoms with Gasteiger partial charge in [-0.2, -0.15) is 0 Å². The van der Waals surface area contributed by atoms with Gasteiger partial charge in [-0.3, -0.25) is 0 Å². The SMILES string of the molecule is CCc1occc1-c1nc(C(C)(C)C)c(C(=O)O)o1. The summed E-state index contributed by atoms with van der Waals surface area (Å²) in [6.45, 7) is 7.65. The van der Waals surface area contributed by atoms with Crippen molar-refractivity contribution in [1.82, 2.24) is 4.98 Å². The van der Waals surface area contributed by atoms with Crippen molar-refractivity contribution in [3.8, 4) is 11.5 Å². The van der Waals surface area contributed by atoms with Crippen molar-refractivity contribution in [3.05, 3.63) is 29.5 Å². The Balaban J connectivity index is 2.59.